The van der Waals surface area contributed by atoms with Crippen LogP contribution in [0.4, 0.5) is 4.79 Å². The van der Waals surface area contributed by atoms with Gasteiger partial charge in [0.05, 0.1) is 17.5 Å². The number of allylic oxidation sites excluding steroid dienone is 1. The second-order valence-corrected chi connectivity index (χ2v) is 16.6. The highest BCUT2D eigenvalue weighted by atomic mass is 32.2. The maximum atomic E-state index is 14.3. The molecule has 3 aliphatic carbocycles. The first kappa shape index (κ1) is 35.9. The van der Waals surface area contributed by atoms with Crippen LogP contribution in [0.25, 0.3) is 0 Å². The average molecular weight is 712 g/mol. The number of fused-ring (bicyclic) bond motifs is 2. The molecule has 0 bridgehead atoms. The Morgan fingerprint density at radius 2 is 1.76 bits per heavy atom. The molecule has 13 nitrogen and oxygen atoms in total. The minimum atomic E-state index is -3.86. The lowest BCUT2D eigenvalue weighted by molar-refractivity contribution is -0.141. The number of alkyl carbamates (subject to hydrolysis) is 1. The van der Waals surface area contributed by atoms with E-state index < -0.39 is 68.7 Å². The molecule has 1 aromatic carbocycles. The standard InChI is InChI=1S/C36H49N5O8S/c1-23(2)31(24-12-7-6-8-13-24)39-49-27-20-30-32(42)38-36(34(44)40-50(46,47)28-18-19-28)21-25(36)14-9-4-3-5-10-17-29(33(43)41(30)22-27)37-35(45)48-26-15-11-16-26/h6-9,12-14,23,25-30H,3-5,10-11,15-22H2,1-2H3,(H,37,45)(H,38,42)(H,40,44)/b14-9-,39-31+/t25-,27-,29+,30+,36?/m1/s1. The summed E-state index contributed by atoms with van der Waals surface area (Å²) in [6, 6.07) is 7.61. The highest BCUT2D eigenvalue weighted by molar-refractivity contribution is 7.91. The first-order chi connectivity index (χ1) is 24.0. The van der Waals surface area contributed by atoms with Gasteiger partial charge in [-0.05, 0) is 69.3 Å². The predicted octanol–water partition coefficient (Wildman–Crippen LogP) is 3.68. The van der Waals surface area contributed by atoms with Crippen molar-refractivity contribution in [2.24, 2.45) is 17.0 Å². The largest absolute Gasteiger partial charge is 0.446 e. The van der Waals surface area contributed by atoms with Gasteiger partial charge in [-0.25, -0.2) is 13.2 Å². The SMILES string of the molecule is CC(C)/C(=N\O[C@@H]1C[C@H]2C(=O)NC3(C(=O)NS(=O)(=O)C4CC4)C[C@H]3/C=C\CCCCC[C@H](NC(=O)OC3CCC3)C(=O)N2C1)c1ccccc1. The number of carbonyl (C=O) groups is 4. The van der Waals surface area contributed by atoms with Crippen LogP contribution in [0.5, 0.6) is 0 Å². The first-order valence-electron chi connectivity index (χ1n) is 18.1. The highest BCUT2D eigenvalue weighted by Crippen LogP contribution is 2.46. The molecule has 50 heavy (non-hydrogen) atoms. The van der Waals surface area contributed by atoms with Crippen molar-refractivity contribution in [1.29, 1.82) is 0 Å². The lowest BCUT2D eigenvalue weighted by Gasteiger charge is -2.30. The Morgan fingerprint density at radius 3 is 2.44 bits per heavy atom. The van der Waals surface area contributed by atoms with Crippen LogP contribution < -0.4 is 15.4 Å². The molecule has 3 saturated carbocycles. The number of carbonyl (C=O) groups excluding carboxylic acids is 4. The fraction of sp³-hybridized carbons (Fsp3) is 0.639. The third-order valence-corrected chi connectivity index (χ3v) is 12.2. The number of nitrogens with zero attached hydrogens (tertiary/aromatic N) is 2. The molecule has 0 aromatic heterocycles. The van der Waals surface area contributed by atoms with Crippen LogP contribution in [0, 0.1) is 11.8 Å². The number of oxime groups is 1. The normalized spacial score (nSPS) is 30.1. The van der Waals surface area contributed by atoms with Gasteiger partial charge in [-0.1, -0.05) is 74.3 Å². The molecule has 6 rings (SSSR count). The Labute approximate surface area is 294 Å². The van der Waals surface area contributed by atoms with Crippen LogP contribution in [0.15, 0.2) is 47.6 Å². The fourth-order valence-corrected chi connectivity index (χ4v) is 8.25. The van der Waals surface area contributed by atoms with E-state index in [0.717, 1.165) is 37.7 Å². The van der Waals surface area contributed by atoms with E-state index in [4.69, 9.17) is 9.57 Å². The summed E-state index contributed by atoms with van der Waals surface area (Å²) in [4.78, 5) is 62.5. The van der Waals surface area contributed by atoms with Gasteiger partial charge in [-0.3, -0.25) is 19.1 Å². The van der Waals surface area contributed by atoms with E-state index in [-0.39, 0.29) is 31.4 Å². The number of amides is 4. The number of ether oxygens (including phenoxy) is 1. The van der Waals surface area contributed by atoms with Gasteiger partial charge in [-0.2, -0.15) is 0 Å². The highest BCUT2D eigenvalue weighted by Gasteiger charge is 2.62. The zero-order chi connectivity index (χ0) is 35.5. The maximum absolute atomic E-state index is 14.3. The molecule has 1 saturated heterocycles. The van der Waals surface area contributed by atoms with E-state index >= 15 is 0 Å². The number of nitrogens with one attached hydrogen (secondary N) is 3. The number of sulfonamides is 1. The quantitative estimate of drug-likeness (QED) is 0.198. The van der Waals surface area contributed by atoms with Gasteiger partial charge in [0.1, 0.15) is 29.8 Å². The smallest absolute Gasteiger partial charge is 0.408 e. The van der Waals surface area contributed by atoms with Gasteiger partial charge in [0, 0.05) is 12.3 Å². The molecule has 5 atom stereocenters. The zero-order valence-corrected chi connectivity index (χ0v) is 29.7. The minimum absolute atomic E-state index is 0.0228. The Bertz CT molecular complexity index is 1610. The topological polar surface area (TPSA) is 173 Å². The molecule has 2 aliphatic heterocycles. The molecule has 272 valence electrons. The maximum Gasteiger partial charge on any atom is 0.408 e. The van der Waals surface area contributed by atoms with E-state index in [1.165, 1.54) is 4.90 Å². The number of rotatable bonds is 9. The van der Waals surface area contributed by atoms with Crippen molar-refractivity contribution in [2.75, 3.05) is 6.54 Å². The van der Waals surface area contributed by atoms with E-state index in [2.05, 4.69) is 20.5 Å². The predicted molar refractivity (Wildman–Crippen MR) is 185 cm³/mol. The fourth-order valence-electron chi connectivity index (χ4n) is 6.89. The van der Waals surface area contributed by atoms with Gasteiger partial charge in [0.15, 0.2) is 0 Å². The van der Waals surface area contributed by atoms with E-state index in [9.17, 15) is 27.6 Å². The van der Waals surface area contributed by atoms with Crippen LogP contribution in [0.3, 0.4) is 0 Å². The summed E-state index contributed by atoms with van der Waals surface area (Å²) in [6.45, 7) is 4.02. The summed E-state index contributed by atoms with van der Waals surface area (Å²) in [6.07, 6.45) is 9.53. The van der Waals surface area contributed by atoms with Gasteiger partial charge in [-0.15, -0.1) is 0 Å². The van der Waals surface area contributed by atoms with Crippen LogP contribution in [0.1, 0.15) is 96.5 Å². The third kappa shape index (κ3) is 8.33. The van der Waals surface area contributed by atoms with Crippen molar-refractivity contribution in [3.05, 3.63) is 48.0 Å². The molecule has 4 amide bonds. The third-order valence-electron chi connectivity index (χ3n) is 10.4. The monoisotopic (exact) mass is 711 g/mol. The molecule has 0 radical (unpaired) electrons. The van der Waals surface area contributed by atoms with Crippen molar-refractivity contribution < 1.29 is 37.2 Å². The molecule has 2 heterocycles. The van der Waals surface area contributed by atoms with Crippen LogP contribution in [0.2, 0.25) is 0 Å². The zero-order valence-electron chi connectivity index (χ0n) is 28.8. The summed E-state index contributed by atoms with van der Waals surface area (Å²) in [5.41, 5.74) is 0.133. The Balaban J connectivity index is 1.27. The van der Waals surface area contributed by atoms with E-state index in [1.54, 1.807) is 0 Å². The molecule has 1 aromatic rings. The van der Waals surface area contributed by atoms with Crippen molar-refractivity contribution in [1.82, 2.24) is 20.3 Å². The van der Waals surface area contributed by atoms with E-state index in [1.807, 2.05) is 56.3 Å². The lowest BCUT2D eigenvalue weighted by Crippen LogP contribution is -2.58. The second-order valence-electron chi connectivity index (χ2n) is 14.6. The average Bonchev–Trinajstić information content (AvgIpc) is 3.98. The number of hydrogen-bond acceptors (Lipinski definition) is 9. The Hall–Kier alpha value is -3.94. The van der Waals surface area contributed by atoms with Crippen molar-refractivity contribution in [2.45, 2.75) is 126 Å². The van der Waals surface area contributed by atoms with Crippen LogP contribution in [-0.2, 0) is 34.0 Å². The summed E-state index contributed by atoms with van der Waals surface area (Å²) >= 11 is 0. The molecule has 1 unspecified atom stereocenters. The summed E-state index contributed by atoms with van der Waals surface area (Å²) in [7, 11) is -3.86. The summed E-state index contributed by atoms with van der Waals surface area (Å²) < 4.78 is 33.3. The summed E-state index contributed by atoms with van der Waals surface area (Å²) in [5.74, 6) is -2.19. The molecule has 14 heteroatoms. The van der Waals surface area contributed by atoms with E-state index in [0.29, 0.717) is 37.8 Å². The molecule has 5 aliphatic rings. The Kier molecular flexibility index (Phi) is 10.8. The van der Waals surface area contributed by atoms with Crippen LogP contribution >= 0.6 is 0 Å². The molecular weight excluding hydrogens is 662 g/mol. The van der Waals surface area contributed by atoms with Gasteiger partial charge in [0.2, 0.25) is 21.8 Å². The first-order valence-corrected chi connectivity index (χ1v) is 19.6. The molecule has 0 spiro atoms. The van der Waals surface area contributed by atoms with Gasteiger partial charge >= 0.3 is 6.09 Å². The molecular formula is C36H49N5O8S. The number of benzene rings is 1. The Morgan fingerprint density at radius 1 is 1.00 bits per heavy atom. The van der Waals surface area contributed by atoms with Gasteiger partial charge < -0.3 is 25.1 Å². The van der Waals surface area contributed by atoms with Crippen LogP contribution in [-0.4, -0.2) is 84.5 Å². The minimum Gasteiger partial charge on any atom is -0.446 e. The lowest BCUT2D eigenvalue weighted by atomic mass is 9.96. The number of hydrogen-bond donors (Lipinski definition) is 3. The van der Waals surface area contributed by atoms with Crippen molar-refractivity contribution in [3.63, 3.8) is 0 Å². The van der Waals surface area contributed by atoms with Crippen molar-refractivity contribution in [3.8, 4) is 0 Å². The molecule has 3 N–H and O–H groups in total. The van der Waals surface area contributed by atoms with Crippen molar-refractivity contribution >= 4 is 39.5 Å². The molecule has 4 fully saturated rings. The van der Waals surface area contributed by atoms with Gasteiger partial charge in [0.25, 0.3) is 5.91 Å². The second kappa shape index (κ2) is 15.1. The summed E-state index contributed by atoms with van der Waals surface area (Å²) in [5, 5.41) is 9.53.